The summed E-state index contributed by atoms with van der Waals surface area (Å²) in [6.45, 7) is 1.92. The van der Waals surface area contributed by atoms with Crippen molar-refractivity contribution in [3.63, 3.8) is 0 Å². The van der Waals surface area contributed by atoms with E-state index in [-0.39, 0.29) is 6.04 Å². The summed E-state index contributed by atoms with van der Waals surface area (Å²) in [4.78, 5) is 12.4. The van der Waals surface area contributed by atoms with Gasteiger partial charge in [-0.05, 0) is 26.4 Å². The fourth-order valence-electron chi connectivity index (χ4n) is 1.46. The summed E-state index contributed by atoms with van der Waals surface area (Å²) in [5.74, 6) is 0. The predicted octanol–water partition coefficient (Wildman–Crippen LogP) is 0.348. The van der Waals surface area contributed by atoms with Crippen LogP contribution in [0.3, 0.4) is 0 Å². The molecule has 0 unspecified atom stereocenters. The molecule has 4 heteroatoms. The van der Waals surface area contributed by atoms with E-state index >= 15 is 0 Å². The van der Waals surface area contributed by atoms with Crippen LogP contribution in [-0.2, 0) is 0 Å². The fraction of sp³-hybridized carbons (Fsp3) is 0.857. The number of nitrogens with zero attached hydrogens (tertiary/aromatic N) is 1. The standard InChI is InChI=1S/C7H14N2O2/c1-9-4-2-3-6(5-9)8-7(10)11/h6,8H,2-5H2,1H3,(H,10,11)/t6-/m1/s1. The number of rotatable bonds is 1. The number of hydrogen-bond donors (Lipinski definition) is 2. The molecule has 0 aromatic heterocycles. The second-order valence-electron chi connectivity index (χ2n) is 3.05. The highest BCUT2D eigenvalue weighted by molar-refractivity contribution is 5.64. The van der Waals surface area contributed by atoms with E-state index in [0.29, 0.717) is 0 Å². The summed E-state index contributed by atoms with van der Waals surface area (Å²) in [5, 5.41) is 10.9. The lowest BCUT2D eigenvalue weighted by Crippen LogP contribution is -2.45. The van der Waals surface area contributed by atoms with Gasteiger partial charge in [-0.1, -0.05) is 0 Å². The number of hydrogen-bond acceptors (Lipinski definition) is 2. The molecule has 1 aliphatic heterocycles. The van der Waals surface area contributed by atoms with E-state index < -0.39 is 6.09 Å². The first-order valence-corrected chi connectivity index (χ1v) is 3.86. The Hall–Kier alpha value is -0.770. The SMILES string of the molecule is CN1CCC[C@@H](NC(=O)O)C1. The molecule has 1 atom stereocenters. The van der Waals surface area contributed by atoms with Crippen molar-refractivity contribution < 1.29 is 9.90 Å². The fourth-order valence-corrected chi connectivity index (χ4v) is 1.46. The summed E-state index contributed by atoms with van der Waals surface area (Å²) < 4.78 is 0. The Kier molecular flexibility index (Phi) is 2.70. The quantitative estimate of drug-likeness (QED) is 0.579. The van der Waals surface area contributed by atoms with Gasteiger partial charge in [-0.3, -0.25) is 0 Å². The van der Waals surface area contributed by atoms with Gasteiger partial charge in [0.15, 0.2) is 0 Å². The molecule has 2 N–H and O–H groups in total. The van der Waals surface area contributed by atoms with E-state index in [1.165, 1.54) is 0 Å². The first-order chi connectivity index (χ1) is 5.18. The van der Waals surface area contributed by atoms with Crippen molar-refractivity contribution in [2.24, 2.45) is 0 Å². The highest BCUT2D eigenvalue weighted by atomic mass is 16.4. The number of carbonyl (C=O) groups is 1. The third kappa shape index (κ3) is 2.76. The van der Waals surface area contributed by atoms with Crippen molar-refractivity contribution in [3.05, 3.63) is 0 Å². The zero-order valence-electron chi connectivity index (χ0n) is 6.71. The summed E-state index contributed by atoms with van der Waals surface area (Å²) in [6.07, 6.45) is 1.14. The molecule has 0 aromatic carbocycles. The molecule has 1 saturated heterocycles. The van der Waals surface area contributed by atoms with Crippen molar-refractivity contribution in [1.82, 2.24) is 10.2 Å². The molecule has 1 rings (SSSR count). The molecule has 0 aromatic rings. The van der Waals surface area contributed by atoms with Crippen molar-refractivity contribution in [2.75, 3.05) is 20.1 Å². The van der Waals surface area contributed by atoms with E-state index in [4.69, 9.17) is 5.11 Å². The molecule has 0 radical (unpaired) electrons. The van der Waals surface area contributed by atoms with Crippen molar-refractivity contribution in [1.29, 1.82) is 0 Å². The highest BCUT2D eigenvalue weighted by Gasteiger charge is 2.17. The Bertz CT molecular complexity index is 149. The third-order valence-electron chi connectivity index (χ3n) is 1.95. The minimum atomic E-state index is -0.912. The van der Waals surface area contributed by atoms with Crippen molar-refractivity contribution in [2.45, 2.75) is 18.9 Å². The molecule has 11 heavy (non-hydrogen) atoms. The minimum absolute atomic E-state index is 0.131. The highest BCUT2D eigenvalue weighted by Crippen LogP contribution is 2.07. The van der Waals surface area contributed by atoms with Gasteiger partial charge < -0.3 is 15.3 Å². The van der Waals surface area contributed by atoms with Gasteiger partial charge >= 0.3 is 6.09 Å². The van der Waals surface area contributed by atoms with Crippen LogP contribution in [-0.4, -0.2) is 42.3 Å². The van der Waals surface area contributed by atoms with Crippen LogP contribution in [0, 0.1) is 0 Å². The van der Waals surface area contributed by atoms with Crippen LogP contribution in [0.25, 0.3) is 0 Å². The Morgan fingerprint density at radius 2 is 2.45 bits per heavy atom. The summed E-state index contributed by atoms with van der Waals surface area (Å²) in [5.41, 5.74) is 0. The Morgan fingerprint density at radius 3 is 3.00 bits per heavy atom. The van der Waals surface area contributed by atoms with Crippen molar-refractivity contribution in [3.8, 4) is 0 Å². The lowest BCUT2D eigenvalue weighted by atomic mass is 10.1. The summed E-state index contributed by atoms with van der Waals surface area (Å²) in [6, 6.07) is 0.131. The summed E-state index contributed by atoms with van der Waals surface area (Å²) >= 11 is 0. The van der Waals surface area contributed by atoms with E-state index in [0.717, 1.165) is 25.9 Å². The minimum Gasteiger partial charge on any atom is -0.465 e. The molecule has 0 aliphatic carbocycles. The van der Waals surface area contributed by atoms with Crippen LogP contribution in [0.1, 0.15) is 12.8 Å². The lowest BCUT2D eigenvalue weighted by molar-refractivity contribution is 0.174. The van der Waals surface area contributed by atoms with Gasteiger partial charge in [-0.15, -0.1) is 0 Å². The third-order valence-corrected chi connectivity index (χ3v) is 1.95. The molecule has 1 fully saturated rings. The van der Waals surface area contributed by atoms with E-state index in [1.54, 1.807) is 0 Å². The number of likely N-dealkylation sites (tertiary alicyclic amines) is 1. The number of likely N-dealkylation sites (N-methyl/N-ethyl adjacent to an activating group) is 1. The molecule has 1 amide bonds. The van der Waals surface area contributed by atoms with Crippen LogP contribution in [0.15, 0.2) is 0 Å². The molecule has 4 nitrogen and oxygen atoms in total. The van der Waals surface area contributed by atoms with E-state index in [2.05, 4.69) is 10.2 Å². The largest absolute Gasteiger partial charge is 0.465 e. The number of nitrogens with one attached hydrogen (secondary N) is 1. The van der Waals surface area contributed by atoms with Gasteiger partial charge in [0, 0.05) is 12.6 Å². The van der Waals surface area contributed by atoms with Gasteiger partial charge in [0.25, 0.3) is 0 Å². The Balaban J connectivity index is 2.28. The first kappa shape index (κ1) is 8.33. The van der Waals surface area contributed by atoms with Gasteiger partial charge in [-0.25, -0.2) is 4.79 Å². The van der Waals surface area contributed by atoms with Crippen LogP contribution in [0.4, 0.5) is 4.79 Å². The topological polar surface area (TPSA) is 52.6 Å². The maximum absolute atomic E-state index is 10.2. The predicted molar refractivity (Wildman–Crippen MR) is 41.7 cm³/mol. The Labute approximate surface area is 66.2 Å². The van der Waals surface area contributed by atoms with Crippen molar-refractivity contribution >= 4 is 6.09 Å². The van der Waals surface area contributed by atoms with E-state index in [9.17, 15) is 4.79 Å². The average molecular weight is 158 g/mol. The molecule has 0 bridgehead atoms. The van der Waals surface area contributed by atoms with Gasteiger partial charge in [0.2, 0.25) is 0 Å². The molecule has 0 spiro atoms. The van der Waals surface area contributed by atoms with Crippen LogP contribution >= 0.6 is 0 Å². The molecule has 64 valence electrons. The molecular formula is C7H14N2O2. The van der Waals surface area contributed by atoms with Gasteiger partial charge in [-0.2, -0.15) is 0 Å². The van der Waals surface area contributed by atoms with Crippen LogP contribution < -0.4 is 5.32 Å². The van der Waals surface area contributed by atoms with Gasteiger partial charge in [0.05, 0.1) is 0 Å². The molecule has 1 heterocycles. The van der Waals surface area contributed by atoms with Crippen LogP contribution in [0.2, 0.25) is 0 Å². The smallest absolute Gasteiger partial charge is 0.404 e. The summed E-state index contributed by atoms with van der Waals surface area (Å²) in [7, 11) is 2.01. The molecule has 1 aliphatic rings. The maximum atomic E-state index is 10.2. The number of piperidine rings is 1. The zero-order valence-corrected chi connectivity index (χ0v) is 6.71. The zero-order chi connectivity index (χ0) is 8.27. The Morgan fingerprint density at radius 1 is 1.73 bits per heavy atom. The monoisotopic (exact) mass is 158 g/mol. The van der Waals surface area contributed by atoms with E-state index in [1.807, 2.05) is 7.05 Å². The maximum Gasteiger partial charge on any atom is 0.404 e. The second-order valence-corrected chi connectivity index (χ2v) is 3.05. The lowest BCUT2D eigenvalue weighted by Gasteiger charge is -2.29. The molecular weight excluding hydrogens is 144 g/mol. The average Bonchev–Trinajstić information content (AvgIpc) is 1.85. The normalized spacial score (nSPS) is 26.5. The molecule has 0 saturated carbocycles. The van der Waals surface area contributed by atoms with Crippen LogP contribution in [0.5, 0.6) is 0 Å². The second kappa shape index (κ2) is 3.57. The van der Waals surface area contributed by atoms with Gasteiger partial charge in [0.1, 0.15) is 0 Å². The number of amides is 1. The number of carboxylic acid groups (broad SMARTS) is 1. The first-order valence-electron chi connectivity index (χ1n) is 3.86.